The van der Waals surface area contributed by atoms with Gasteiger partial charge >= 0.3 is 0 Å². The molecule has 0 N–H and O–H groups in total. The second-order valence-electron chi connectivity index (χ2n) is 6.01. The van der Waals surface area contributed by atoms with Crippen molar-refractivity contribution >= 4 is 17.3 Å². The van der Waals surface area contributed by atoms with Crippen molar-refractivity contribution in [1.29, 1.82) is 5.26 Å². The maximum absolute atomic E-state index is 12.1. The molecule has 1 atom stereocenters. The number of nitrogens with zero attached hydrogens (tertiary/aromatic N) is 4. The molecule has 5 nitrogen and oxygen atoms in total. The van der Waals surface area contributed by atoms with Crippen molar-refractivity contribution in [2.45, 2.75) is 58.4 Å². The van der Waals surface area contributed by atoms with Crippen molar-refractivity contribution in [2.75, 3.05) is 0 Å². The van der Waals surface area contributed by atoms with E-state index in [1.165, 1.54) is 0 Å². The molecule has 1 saturated carbocycles. The number of hydrogen-bond acceptors (Lipinski definition) is 4. The summed E-state index contributed by atoms with van der Waals surface area (Å²) in [5, 5.41) is 13.5. The Balaban J connectivity index is 2.15. The maximum Gasteiger partial charge on any atom is 0.168 e. The van der Waals surface area contributed by atoms with E-state index in [-0.39, 0.29) is 11.7 Å². The monoisotopic (exact) mass is 312 g/mol. The second kappa shape index (κ2) is 8.42. The second-order valence-corrected chi connectivity index (χ2v) is 6.01. The van der Waals surface area contributed by atoms with Crippen LogP contribution < -0.4 is 0 Å². The van der Waals surface area contributed by atoms with Gasteiger partial charge in [-0.1, -0.05) is 25.8 Å². The van der Waals surface area contributed by atoms with Crippen LogP contribution in [0.5, 0.6) is 0 Å². The van der Waals surface area contributed by atoms with Gasteiger partial charge in [0.05, 0.1) is 6.20 Å². The molecule has 0 bridgehead atoms. The lowest BCUT2D eigenvalue weighted by Gasteiger charge is -2.05. The smallest absolute Gasteiger partial charge is 0.168 e. The van der Waals surface area contributed by atoms with Crippen LogP contribution in [0.15, 0.2) is 23.8 Å². The Kier molecular flexibility index (Phi) is 6.28. The number of Topliss-reactive ketones (excluding diaryl/α,β-unsaturated/α-hetero) is 1. The lowest BCUT2D eigenvalue weighted by Crippen LogP contribution is -2.04. The Morgan fingerprint density at radius 1 is 1.57 bits per heavy atom. The Morgan fingerprint density at radius 3 is 3.09 bits per heavy atom. The number of aromatic nitrogens is 2. The molecule has 2 rings (SSSR count). The maximum atomic E-state index is 12.1. The summed E-state index contributed by atoms with van der Waals surface area (Å²) < 4.78 is 1.79. The molecular weight excluding hydrogens is 288 g/mol. The molecule has 0 aromatic carbocycles. The highest BCUT2D eigenvalue weighted by molar-refractivity contribution is 6.10. The SMILES string of the molecule is C=CCCC1CC(=Nc2c(C#N)cnn2CCCCC)CC1=O. The van der Waals surface area contributed by atoms with Crippen molar-refractivity contribution in [3.63, 3.8) is 0 Å². The molecule has 122 valence electrons. The predicted molar refractivity (Wildman–Crippen MR) is 90.7 cm³/mol. The predicted octanol–water partition coefficient (Wildman–Crippen LogP) is 3.96. The number of aliphatic imine (C=N–C) groups is 1. The minimum atomic E-state index is 0.0498. The van der Waals surface area contributed by atoms with Gasteiger partial charge in [-0.3, -0.25) is 4.79 Å². The molecule has 1 fully saturated rings. The average molecular weight is 312 g/mol. The Hall–Kier alpha value is -2.22. The summed E-state index contributed by atoms with van der Waals surface area (Å²) >= 11 is 0. The van der Waals surface area contributed by atoms with E-state index in [4.69, 9.17) is 0 Å². The zero-order chi connectivity index (χ0) is 16.7. The summed E-state index contributed by atoms with van der Waals surface area (Å²) in [4.78, 5) is 16.7. The number of hydrogen-bond donors (Lipinski definition) is 0. The lowest BCUT2D eigenvalue weighted by molar-refractivity contribution is -0.120. The normalized spacial score (nSPS) is 19.2. The first-order valence-corrected chi connectivity index (χ1v) is 8.35. The standard InChI is InChI=1S/C18H24N4O/c1-3-5-7-9-22-18(15(12-19)13-20-22)21-16-10-14(8-6-4-2)17(23)11-16/h4,13-14H,2-3,5-11H2,1H3. The van der Waals surface area contributed by atoms with Crippen LogP contribution in [-0.2, 0) is 11.3 Å². The van der Waals surface area contributed by atoms with Crippen LogP contribution in [0.3, 0.4) is 0 Å². The van der Waals surface area contributed by atoms with Gasteiger partial charge in [0.2, 0.25) is 0 Å². The number of ketones is 1. The van der Waals surface area contributed by atoms with Crippen LogP contribution >= 0.6 is 0 Å². The third kappa shape index (κ3) is 4.38. The van der Waals surface area contributed by atoms with Gasteiger partial charge < -0.3 is 0 Å². The number of allylic oxidation sites excluding steroid dienone is 1. The summed E-state index contributed by atoms with van der Waals surface area (Å²) in [6, 6.07) is 2.15. The number of aryl methyl sites for hydroxylation is 1. The van der Waals surface area contributed by atoms with Crippen LogP contribution in [-0.4, -0.2) is 21.3 Å². The van der Waals surface area contributed by atoms with E-state index in [1.807, 2.05) is 6.08 Å². The number of carbonyl (C=O) groups excluding carboxylic acids is 1. The number of unbranched alkanes of at least 4 members (excludes halogenated alkanes) is 2. The zero-order valence-corrected chi connectivity index (χ0v) is 13.8. The van der Waals surface area contributed by atoms with Gasteiger partial charge in [-0.25, -0.2) is 9.67 Å². The molecule has 1 unspecified atom stereocenters. The third-order valence-corrected chi connectivity index (χ3v) is 4.20. The van der Waals surface area contributed by atoms with Crippen LogP contribution in [0.25, 0.3) is 0 Å². The van der Waals surface area contributed by atoms with E-state index in [0.29, 0.717) is 24.2 Å². The molecule has 1 aliphatic carbocycles. The Bertz CT molecular complexity index is 636. The Labute approximate surface area is 137 Å². The first-order chi connectivity index (χ1) is 11.2. The molecule has 5 heteroatoms. The van der Waals surface area contributed by atoms with Gasteiger partial charge in [0.25, 0.3) is 0 Å². The van der Waals surface area contributed by atoms with Crippen molar-refractivity contribution < 1.29 is 4.79 Å². The zero-order valence-electron chi connectivity index (χ0n) is 13.8. The van der Waals surface area contributed by atoms with Gasteiger partial charge in [-0.2, -0.15) is 10.4 Å². The van der Waals surface area contributed by atoms with Crippen LogP contribution in [0.1, 0.15) is 57.4 Å². The van der Waals surface area contributed by atoms with Gasteiger partial charge in [0, 0.05) is 24.6 Å². The molecule has 0 saturated heterocycles. The molecular formula is C18H24N4O. The van der Waals surface area contributed by atoms with E-state index in [1.54, 1.807) is 10.9 Å². The van der Waals surface area contributed by atoms with E-state index in [2.05, 4.69) is 29.7 Å². The van der Waals surface area contributed by atoms with Gasteiger partial charge in [-0.15, -0.1) is 6.58 Å². The van der Waals surface area contributed by atoms with E-state index < -0.39 is 0 Å². The summed E-state index contributed by atoms with van der Waals surface area (Å²) in [7, 11) is 0. The minimum Gasteiger partial charge on any atom is -0.299 e. The van der Waals surface area contributed by atoms with Crippen molar-refractivity contribution in [1.82, 2.24) is 9.78 Å². The topological polar surface area (TPSA) is 71.0 Å². The van der Waals surface area contributed by atoms with E-state index >= 15 is 0 Å². The molecule has 0 amide bonds. The molecule has 0 radical (unpaired) electrons. The summed E-state index contributed by atoms with van der Waals surface area (Å²) in [5.74, 6) is 0.908. The minimum absolute atomic E-state index is 0.0498. The molecule has 0 spiro atoms. The number of nitriles is 1. The summed E-state index contributed by atoms with van der Waals surface area (Å²) in [6.45, 7) is 6.62. The molecule has 1 aromatic rings. The molecule has 0 aliphatic heterocycles. The molecule has 23 heavy (non-hydrogen) atoms. The van der Waals surface area contributed by atoms with Crippen molar-refractivity contribution in [3.8, 4) is 6.07 Å². The van der Waals surface area contributed by atoms with Gasteiger partial charge in [0.1, 0.15) is 17.4 Å². The fourth-order valence-electron chi connectivity index (χ4n) is 2.88. The summed E-state index contributed by atoms with van der Waals surface area (Å²) in [5.41, 5.74) is 1.36. The highest BCUT2D eigenvalue weighted by Gasteiger charge is 2.29. The lowest BCUT2D eigenvalue weighted by atomic mass is 10.0. The van der Waals surface area contributed by atoms with E-state index in [0.717, 1.165) is 44.4 Å². The Morgan fingerprint density at radius 2 is 2.39 bits per heavy atom. The van der Waals surface area contributed by atoms with Gasteiger partial charge in [0.15, 0.2) is 5.82 Å². The first-order valence-electron chi connectivity index (χ1n) is 8.35. The highest BCUT2D eigenvalue weighted by atomic mass is 16.1. The molecule has 1 aliphatic rings. The largest absolute Gasteiger partial charge is 0.299 e. The first kappa shape index (κ1) is 17.1. The third-order valence-electron chi connectivity index (χ3n) is 4.20. The fourth-order valence-corrected chi connectivity index (χ4v) is 2.88. The average Bonchev–Trinajstić information content (AvgIpc) is 3.09. The summed E-state index contributed by atoms with van der Waals surface area (Å²) in [6.07, 6.45) is 9.46. The highest BCUT2D eigenvalue weighted by Crippen LogP contribution is 2.28. The quantitative estimate of drug-likeness (QED) is 0.539. The van der Waals surface area contributed by atoms with Crippen LogP contribution in [0, 0.1) is 17.2 Å². The number of carbonyl (C=O) groups is 1. The van der Waals surface area contributed by atoms with E-state index in [9.17, 15) is 10.1 Å². The fraction of sp³-hybridized carbons (Fsp3) is 0.556. The van der Waals surface area contributed by atoms with Crippen LogP contribution in [0.4, 0.5) is 5.82 Å². The van der Waals surface area contributed by atoms with Crippen molar-refractivity contribution in [2.24, 2.45) is 10.9 Å². The molecule has 1 aromatic heterocycles. The van der Waals surface area contributed by atoms with Crippen molar-refractivity contribution in [3.05, 3.63) is 24.4 Å². The molecule has 1 heterocycles. The number of rotatable bonds is 8. The van der Waals surface area contributed by atoms with Crippen LogP contribution in [0.2, 0.25) is 0 Å². The van der Waals surface area contributed by atoms with Gasteiger partial charge in [-0.05, 0) is 25.7 Å².